The zero-order chi connectivity index (χ0) is 9.80. The molecule has 0 amide bonds. The van der Waals surface area contributed by atoms with E-state index >= 15 is 0 Å². The molecule has 3 nitrogen and oxygen atoms in total. The van der Waals surface area contributed by atoms with Crippen molar-refractivity contribution in [1.82, 2.24) is 0 Å². The van der Waals surface area contributed by atoms with Crippen molar-refractivity contribution < 1.29 is 9.47 Å². The summed E-state index contributed by atoms with van der Waals surface area (Å²) in [5.74, 6) is 0.461. The number of nitriles is 1. The fourth-order valence-corrected chi connectivity index (χ4v) is 2.10. The highest BCUT2D eigenvalue weighted by Gasteiger charge is 2.35. The van der Waals surface area contributed by atoms with Crippen LogP contribution < -0.4 is 0 Å². The Bertz CT molecular complexity index is 267. The zero-order valence-corrected chi connectivity index (χ0v) is 8.24. The minimum Gasteiger partial charge on any atom is -0.352 e. The molecule has 0 aliphatic carbocycles. The van der Waals surface area contributed by atoms with Gasteiger partial charge >= 0.3 is 0 Å². The molecule has 0 aromatic carbocycles. The maximum Gasteiger partial charge on any atom is 0.164 e. The molecule has 0 unspecified atom stereocenters. The number of unbranched alkanes of at least 4 members (excludes halogenated alkanes) is 1. The van der Waals surface area contributed by atoms with Crippen molar-refractivity contribution in [1.29, 1.82) is 5.26 Å². The van der Waals surface area contributed by atoms with E-state index in [-0.39, 0.29) is 6.29 Å². The van der Waals surface area contributed by atoms with Crippen molar-refractivity contribution in [3.8, 4) is 6.07 Å². The van der Waals surface area contributed by atoms with E-state index in [0.717, 1.165) is 19.4 Å². The molecular formula is C11H15NO2. The number of ether oxygens (including phenoxy) is 2. The van der Waals surface area contributed by atoms with Gasteiger partial charge in [0.15, 0.2) is 6.29 Å². The number of fused-ring (bicyclic) bond motifs is 1. The molecule has 0 radical (unpaired) electrons. The molecule has 0 aromatic rings. The first-order valence-corrected chi connectivity index (χ1v) is 5.21. The standard InChI is InChI=1S/C11H15NO2/c12-6-2-1-4-9-8-14-11-10(9)5-3-7-13-11/h4,10-11H,1-3,5,7-8H2/b9-4-/t10-,11+/m1/s1. The summed E-state index contributed by atoms with van der Waals surface area (Å²) in [6.45, 7) is 1.52. The summed E-state index contributed by atoms with van der Waals surface area (Å²) in [7, 11) is 0. The first-order chi connectivity index (χ1) is 6.92. The molecule has 2 aliphatic rings. The van der Waals surface area contributed by atoms with Gasteiger partial charge in [0, 0.05) is 18.9 Å². The van der Waals surface area contributed by atoms with Gasteiger partial charge in [-0.05, 0) is 24.8 Å². The van der Waals surface area contributed by atoms with Gasteiger partial charge in [0.2, 0.25) is 0 Å². The van der Waals surface area contributed by atoms with Crippen molar-refractivity contribution in [2.45, 2.75) is 32.0 Å². The molecular weight excluding hydrogens is 178 g/mol. The second-order valence-corrected chi connectivity index (χ2v) is 3.77. The first-order valence-electron chi connectivity index (χ1n) is 5.21. The summed E-state index contributed by atoms with van der Waals surface area (Å²) >= 11 is 0. The summed E-state index contributed by atoms with van der Waals surface area (Å²) in [6.07, 6.45) is 5.89. The molecule has 0 spiro atoms. The predicted molar refractivity (Wildman–Crippen MR) is 51.3 cm³/mol. The molecule has 0 aromatic heterocycles. The summed E-state index contributed by atoms with van der Waals surface area (Å²) < 4.78 is 11.0. The quantitative estimate of drug-likeness (QED) is 0.497. The molecule has 2 aliphatic heterocycles. The molecule has 2 atom stereocenters. The van der Waals surface area contributed by atoms with Crippen molar-refractivity contribution >= 4 is 0 Å². The van der Waals surface area contributed by atoms with Crippen LogP contribution in [0.4, 0.5) is 0 Å². The minimum absolute atomic E-state index is 0.00270. The molecule has 0 bridgehead atoms. The molecule has 0 N–H and O–H groups in total. The van der Waals surface area contributed by atoms with Gasteiger partial charge in [0.05, 0.1) is 12.7 Å². The third-order valence-corrected chi connectivity index (χ3v) is 2.82. The molecule has 0 saturated carbocycles. The number of rotatable bonds is 2. The Labute approximate surface area is 84.3 Å². The molecule has 76 valence electrons. The van der Waals surface area contributed by atoms with E-state index in [1.54, 1.807) is 0 Å². The fourth-order valence-electron chi connectivity index (χ4n) is 2.10. The molecule has 14 heavy (non-hydrogen) atoms. The Hall–Kier alpha value is -0.850. The fraction of sp³-hybridized carbons (Fsp3) is 0.727. The van der Waals surface area contributed by atoms with Crippen molar-refractivity contribution in [3.63, 3.8) is 0 Å². The van der Waals surface area contributed by atoms with E-state index in [0.29, 0.717) is 18.9 Å². The van der Waals surface area contributed by atoms with E-state index in [4.69, 9.17) is 14.7 Å². The van der Waals surface area contributed by atoms with Gasteiger partial charge < -0.3 is 9.47 Å². The molecule has 2 rings (SSSR count). The Kier molecular flexibility index (Phi) is 3.18. The Morgan fingerprint density at radius 3 is 3.29 bits per heavy atom. The van der Waals surface area contributed by atoms with Crippen LogP contribution in [0.2, 0.25) is 0 Å². The summed E-state index contributed by atoms with van der Waals surface area (Å²) in [6, 6.07) is 2.15. The third-order valence-electron chi connectivity index (χ3n) is 2.82. The Morgan fingerprint density at radius 2 is 2.43 bits per heavy atom. The SMILES string of the molecule is N#CCC/C=C1/CO[C@@H]2OCCC[C@H]12. The third kappa shape index (κ3) is 1.97. The van der Waals surface area contributed by atoms with Gasteiger partial charge in [-0.25, -0.2) is 0 Å². The largest absolute Gasteiger partial charge is 0.352 e. The van der Waals surface area contributed by atoms with E-state index in [1.165, 1.54) is 12.0 Å². The molecule has 2 saturated heterocycles. The predicted octanol–water partition coefficient (Wildman–Crippen LogP) is 2.00. The second kappa shape index (κ2) is 4.59. The van der Waals surface area contributed by atoms with Crippen LogP contribution in [-0.4, -0.2) is 19.5 Å². The van der Waals surface area contributed by atoms with Crippen molar-refractivity contribution in [2.75, 3.05) is 13.2 Å². The Balaban J connectivity index is 1.94. The first kappa shape index (κ1) is 9.70. The lowest BCUT2D eigenvalue weighted by Crippen LogP contribution is -2.26. The number of hydrogen-bond acceptors (Lipinski definition) is 3. The highest BCUT2D eigenvalue weighted by molar-refractivity contribution is 5.13. The number of hydrogen-bond donors (Lipinski definition) is 0. The number of nitrogens with zero attached hydrogens (tertiary/aromatic N) is 1. The van der Waals surface area contributed by atoms with Crippen LogP contribution in [-0.2, 0) is 9.47 Å². The molecule has 2 fully saturated rings. The maximum absolute atomic E-state index is 8.44. The van der Waals surface area contributed by atoms with Gasteiger partial charge in [0.25, 0.3) is 0 Å². The normalized spacial score (nSPS) is 34.1. The highest BCUT2D eigenvalue weighted by Crippen LogP contribution is 2.34. The Morgan fingerprint density at radius 1 is 1.50 bits per heavy atom. The lowest BCUT2D eigenvalue weighted by Gasteiger charge is -2.24. The van der Waals surface area contributed by atoms with Crippen LogP contribution in [0.25, 0.3) is 0 Å². The van der Waals surface area contributed by atoms with Crippen LogP contribution in [0.3, 0.4) is 0 Å². The van der Waals surface area contributed by atoms with E-state index < -0.39 is 0 Å². The highest BCUT2D eigenvalue weighted by atomic mass is 16.7. The van der Waals surface area contributed by atoms with Gasteiger partial charge in [-0.3, -0.25) is 0 Å². The van der Waals surface area contributed by atoms with E-state index in [2.05, 4.69) is 12.1 Å². The minimum atomic E-state index is -0.00270. The van der Waals surface area contributed by atoms with Crippen molar-refractivity contribution in [3.05, 3.63) is 11.6 Å². The summed E-state index contributed by atoms with van der Waals surface area (Å²) in [5.41, 5.74) is 1.34. The van der Waals surface area contributed by atoms with E-state index in [9.17, 15) is 0 Å². The van der Waals surface area contributed by atoms with Crippen LogP contribution in [0.15, 0.2) is 11.6 Å². The van der Waals surface area contributed by atoms with Gasteiger partial charge in [-0.15, -0.1) is 0 Å². The van der Waals surface area contributed by atoms with Gasteiger partial charge in [-0.2, -0.15) is 5.26 Å². The van der Waals surface area contributed by atoms with Crippen LogP contribution in [0.5, 0.6) is 0 Å². The average molecular weight is 193 g/mol. The lowest BCUT2D eigenvalue weighted by atomic mass is 9.93. The second-order valence-electron chi connectivity index (χ2n) is 3.77. The van der Waals surface area contributed by atoms with Gasteiger partial charge in [0.1, 0.15) is 0 Å². The van der Waals surface area contributed by atoms with E-state index in [1.807, 2.05) is 0 Å². The molecule has 3 heteroatoms. The monoisotopic (exact) mass is 193 g/mol. The topological polar surface area (TPSA) is 42.2 Å². The maximum atomic E-state index is 8.44. The van der Waals surface area contributed by atoms with Crippen LogP contribution in [0, 0.1) is 17.2 Å². The number of allylic oxidation sites excluding steroid dienone is 1. The van der Waals surface area contributed by atoms with Crippen LogP contribution >= 0.6 is 0 Å². The van der Waals surface area contributed by atoms with Crippen molar-refractivity contribution in [2.24, 2.45) is 5.92 Å². The van der Waals surface area contributed by atoms with Crippen LogP contribution in [0.1, 0.15) is 25.7 Å². The van der Waals surface area contributed by atoms with Gasteiger partial charge in [-0.1, -0.05) is 6.08 Å². The summed E-state index contributed by atoms with van der Waals surface area (Å²) in [4.78, 5) is 0. The molecule has 2 heterocycles. The summed E-state index contributed by atoms with van der Waals surface area (Å²) in [5, 5.41) is 8.44. The lowest BCUT2D eigenvalue weighted by molar-refractivity contribution is -0.150. The smallest absolute Gasteiger partial charge is 0.164 e. The zero-order valence-electron chi connectivity index (χ0n) is 8.24. The average Bonchev–Trinajstić information content (AvgIpc) is 2.63.